The third-order valence-electron chi connectivity index (χ3n) is 3.67. The number of ether oxygens (including phenoxy) is 1. The first-order valence-electron chi connectivity index (χ1n) is 6.75. The summed E-state index contributed by atoms with van der Waals surface area (Å²) in [5.74, 6) is -0.884. The van der Waals surface area contributed by atoms with Crippen LogP contribution in [-0.2, 0) is 11.3 Å². The zero-order valence-electron chi connectivity index (χ0n) is 12.1. The van der Waals surface area contributed by atoms with Crippen LogP contribution in [0.25, 0.3) is 0 Å². The largest absolute Gasteiger partial charge is 0.481 e. The van der Waals surface area contributed by atoms with Crippen LogP contribution in [0.2, 0.25) is 0 Å². The number of nitrogens with zero attached hydrogens (tertiary/aromatic N) is 2. The molecule has 1 saturated heterocycles. The van der Waals surface area contributed by atoms with Crippen LogP contribution < -0.4 is 10.1 Å². The van der Waals surface area contributed by atoms with E-state index in [1.165, 1.54) is 7.11 Å². The maximum absolute atomic E-state index is 12.1. The quantitative estimate of drug-likeness (QED) is 0.862. The number of hydrogen-bond donors (Lipinski definition) is 2. The normalized spacial score (nSPS) is 21.1. The van der Waals surface area contributed by atoms with E-state index in [1.54, 1.807) is 23.2 Å². The molecular formula is C14H19N3O4. The van der Waals surface area contributed by atoms with Gasteiger partial charge in [-0.05, 0) is 17.5 Å². The molecule has 2 atom stereocenters. The summed E-state index contributed by atoms with van der Waals surface area (Å²) in [6, 6.07) is 3.28. The van der Waals surface area contributed by atoms with E-state index in [2.05, 4.69) is 10.3 Å². The third-order valence-corrected chi connectivity index (χ3v) is 3.67. The minimum absolute atomic E-state index is 0.0331. The van der Waals surface area contributed by atoms with E-state index < -0.39 is 11.9 Å². The van der Waals surface area contributed by atoms with Gasteiger partial charge in [-0.25, -0.2) is 9.78 Å². The maximum Gasteiger partial charge on any atom is 0.317 e. The second-order valence-corrected chi connectivity index (χ2v) is 5.19. The first-order valence-corrected chi connectivity index (χ1v) is 6.75. The number of nitrogens with one attached hydrogen (secondary N) is 1. The summed E-state index contributed by atoms with van der Waals surface area (Å²) in [4.78, 5) is 28.6. The lowest BCUT2D eigenvalue weighted by Gasteiger charge is -2.17. The molecule has 1 aromatic rings. The van der Waals surface area contributed by atoms with Gasteiger partial charge in [0.15, 0.2) is 0 Å². The Labute approximate surface area is 122 Å². The van der Waals surface area contributed by atoms with Crippen LogP contribution in [0.15, 0.2) is 18.3 Å². The van der Waals surface area contributed by atoms with E-state index in [0.29, 0.717) is 19.0 Å². The van der Waals surface area contributed by atoms with Gasteiger partial charge < -0.3 is 20.1 Å². The molecule has 0 aliphatic carbocycles. The summed E-state index contributed by atoms with van der Waals surface area (Å²) in [5, 5.41) is 11.9. The molecule has 0 radical (unpaired) electrons. The van der Waals surface area contributed by atoms with Crippen LogP contribution >= 0.6 is 0 Å². The van der Waals surface area contributed by atoms with Gasteiger partial charge >= 0.3 is 12.0 Å². The van der Waals surface area contributed by atoms with Gasteiger partial charge in [-0.1, -0.05) is 6.92 Å². The highest BCUT2D eigenvalue weighted by molar-refractivity contribution is 5.77. The number of amides is 2. The second kappa shape index (κ2) is 6.43. The van der Waals surface area contributed by atoms with Gasteiger partial charge in [-0.3, -0.25) is 4.79 Å². The molecule has 1 aliphatic heterocycles. The highest BCUT2D eigenvalue weighted by Gasteiger charge is 2.36. The van der Waals surface area contributed by atoms with E-state index in [4.69, 9.17) is 9.84 Å². The van der Waals surface area contributed by atoms with Gasteiger partial charge in [0.1, 0.15) is 0 Å². The minimum atomic E-state index is -0.850. The van der Waals surface area contributed by atoms with E-state index >= 15 is 0 Å². The zero-order valence-corrected chi connectivity index (χ0v) is 12.1. The monoisotopic (exact) mass is 293 g/mol. The summed E-state index contributed by atoms with van der Waals surface area (Å²) >= 11 is 0. The van der Waals surface area contributed by atoms with Crippen LogP contribution in [0.5, 0.6) is 5.88 Å². The van der Waals surface area contributed by atoms with Gasteiger partial charge in [-0.2, -0.15) is 0 Å². The van der Waals surface area contributed by atoms with Crippen molar-refractivity contribution in [2.75, 3.05) is 20.2 Å². The predicted molar refractivity (Wildman–Crippen MR) is 74.9 cm³/mol. The third kappa shape index (κ3) is 3.62. The number of methoxy groups -OCH3 is 1. The van der Waals surface area contributed by atoms with Crippen molar-refractivity contribution in [2.24, 2.45) is 11.8 Å². The summed E-state index contributed by atoms with van der Waals surface area (Å²) in [6.07, 6.45) is 1.61. The predicted octanol–water partition coefficient (Wildman–Crippen LogP) is 0.952. The Morgan fingerprint density at radius 3 is 2.90 bits per heavy atom. The lowest BCUT2D eigenvalue weighted by molar-refractivity contribution is -0.142. The molecule has 7 heteroatoms. The molecule has 2 rings (SSSR count). The van der Waals surface area contributed by atoms with Crippen molar-refractivity contribution in [1.82, 2.24) is 15.2 Å². The molecule has 2 unspecified atom stereocenters. The highest BCUT2D eigenvalue weighted by atomic mass is 16.5. The highest BCUT2D eigenvalue weighted by Crippen LogP contribution is 2.23. The Morgan fingerprint density at radius 1 is 1.52 bits per heavy atom. The average Bonchev–Trinajstić information content (AvgIpc) is 2.87. The Balaban J connectivity index is 1.89. The van der Waals surface area contributed by atoms with Gasteiger partial charge in [0.2, 0.25) is 5.88 Å². The van der Waals surface area contributed by atoms with Crippen LogP contribution in [0, 0.1) is 11.8 Å². The number of hydrogen-bond acceptors (Lipinski definition) is 4. The van der Waals surface area contributed by atoms with E-state index in [1.807, 2.05) is 6.92 Å². The van der Waals surface area contributed by atoms with Crippen molar-refractivity contribution in [3.63, 3.8) is 0 Å². The second-order valence-electron chi connectivity index (χ2n) is 5.19. The number of carbonyl (C=O) groups is 2. The Hall–Kier alpha value is -2.31. The number of pyridine rings is 1. The lowest BCUT2D eigenvalue weighted by Crippen LogP contribution is -2.38. The maximum atomic E-state index is 12.1. The minimum Gasteiger partial charge on any atom is -0.481 e. The molecular weight excluding hydrogens is 274 g/mol. The number of carboxylic acids is 1. The molecule has 1 fully saturated rings. The average molecular weight is 293 g/mol. The number of carboxylic acid groups (broad SMARTS) is 1. The van der Waals surface area contributed by atoms with Crippen molar-refractivity contribution in [1.29, 1.82) is 0 Å². The number of rotatable bonds is 4. The van der Waals surface area contributed by atoms with Gasteiger partial charge in [0.05, 0.1) is 13.0 Å². The fourth-order valence-electron chi connectivity index (χ4n) is 2.42. The zero-order chi connectivity index (χ0) is 15.4. The molecule has 2 heterocycles. The molecule has 0 aromatic carbocycles. The molecule has 114 valence electrons. The van der Waals surface area contributed by atoms with E-state index in [9.17, 15) is 9.59 Å². The van der Waals surface area contributed by atoms with E-state index in [-0.39, 0.29) is 18.5 Å². The molecule has 21 heavy (non-hydrogen) atoms. The topological polar surface area (TPSA) is 91.8 Å². The number of carbonyl (C=O) groups excluding carboxylic acids is 1. The fourth-order valence-corrected chi connectivity index (χ4v) is 2.42. The number of aromatic nitrogens is 1. The number of aliphatic carboxylic acids is 1. The molecule has 1 aliphatic rings. The van der Waals surface area contributed by atoms with Crippen molar-refractivity contribution in [3.8, 4) is 5.88 Å². The van der Waals surface area contributed by atoms with Gasteiger partial charge in [-0.15, -0.1) is 0 Å². The molecule has 7 nitrogen and oxygen atoms in total. The smallest absolute Gasteiger partial charge is 0.317 e. The first-order chi connectivity index (χ1) is 10.0. The van der Waals surface area contributed by atoms with Gasteiger partial charge in [0.25, 0.3) is 0 Å². The SMILES string of the molecule is COc1cc(CNC(=O)N2CC(C)C(C(=O)O)C2)ccn1. The van der Waals surface area contributed by atoms with Gasteiger partial charge in [0, 0.05) is 31.9 Å². The number of urea groups is 1. The van der Waals surface area contributed by atoms with Crippen LogP contribution in [0.1, 0.15) is 12.5 Å². The van der Waals surface area contributed by atoms with Crippen LogP contribution in [0.4, 0.5) is 4.79 Å². The lowest BCUT2D eigenvalue weighted by atomic mass is 9.99. The van der Waals surface area contributed by atoms with Crippen LogP contribution in [-0.4, -0.2) is 47.2 Å². The summed E-state index contributed by atoms with van der Waals surface area (Å²) in [6.45, 7) is 2.91. The van der Waals surface area contributed by atoms with Crippen LogP contribution in [0.3, 0.4) is 0 Å². The van der Waals surface area contributed by atoms with Crippen molar-refractivity contribution in [3.05, 3.63) is 23.9 Å². The number of likely N-dealkylation sites (tertiary alicyclic amines) is 1. The molecule has 0 saturated carbocycles. The Morgan fingerprint density at radius 2 is 2.29 bits per heavy atom. The summed E-state index contributed by atoms with van der Waals surface area (Å²) in [5.41, 5.74) is 0.872. The fraction of sp³-hybridized carbons (Fsp3) is 0.500. The Bertz CT molecular complexity index is 535. The standard InChI is InChI=1S/C14H19N3O4/c1-9-7-17(8-11(9)13(18)19)14(20)16-6-10-3-4-15-12(5-10)21-2/h3-5,9,11H,6-8H2,1-2H3,(H,16,20)(H,18,19). The van der Waals surface area contributed by atoms with Crippen molar-refractivity contribution in [2.45, 2.75) is 13.5 Å². The first kappa shape index (κ1) is 15.1. The summed E-state index contributed by atoms with van der Waals surface area (Å²) in [7, 11) is 1.53. The summed E-state index contributed by atoms with van der Waals surface area (Å²) < 4.78 is 5.02. The van der Waals surface area contributed by atoms with Crippen molar-refractivity contribution >= 4 is 12.0 Å². The molecule has 0 bridgehead atoms. The Kier molecular flexibility index (Phi) is 4.62. The molecule has 0 spiro atoms. The molecule has 2 N–H and O–H groups in total. The van der Waals surface area contributed by atoms with Crippen molar-refractivity contribution < 1.29 is 19.4 Å². The molecule has 2 amide bonds. The molecule has 1 aromatic heterocycles. The van der Waals surface area contributed by atoms with E-state index in [0.717, 1.165) is 5.56 Å².